The molecule has 2 rings (SSSR count). The average molecular weight is 383 g/mol. The van der Waals surface area contributed by atoms with E-state index in [4.69, 9.17) is 4.74 Å². The minimum atomic E-state index is -3.44. The molecule has 0 spiro atoms. The third kappa shape index (κ3) is 5.50. The maximum atomic E-state index is 12.2. The van der Waals surface area contributed by atoms with Gasteiger partial charge in [-0.3, -0.25) is 10.1 Å². The second kappa shape index (κ2) is 8.39. The zero-order valence-corrected chi connectivity index (χ0v) is 16.0. The molecule has 0 saturated carbocycles. The predicted octanol–water partition coefficient (Wildman–Crippen LogP) is 3.15. The fourth-order valence-electron chi connectivity index (χ4n) is 1.93. The van der Waals surface area contributed by atoms with Gasteiger partial charge in [0.25, 0.3) is 5.91 Å². The molecule has 2 aromatic rings. The van der Waals surface area contributed by atoms with Crippen LogP contribution in [-0.4, -0.2) is 36.4 Å². The first-order valence-corrected chi connectivity index (χ1v) is 10.4. The molecule has 1 aromatic carbocycles. The maximum absolute atomic E-state index is 12.2. The average Bonchev–Trinajstić information content (AvgIpc) is 3.02. The Labute approximate surface area is 151 Å². The molecule has 0 aliphatic heterocycles. The van der Waals surface area contributed by atoms with E-state index in [0.29, 0.717) is 17.7 Å². The van der Waals surface area contributed by atoms with Crippen molar-refractivity contribution in [2.45, 2.75) is 44.1 Å². The van der Waals surface area contributed by atoms with Gasteiger partial charge >= 0.3 is 0 Å². The molecule has 0 aliphatic carbocycles. The van der Waals surface area contributed by atoms with Crippen LogP contribution in [0.2, 0.25) is 0 Å². The highest BCUT2D eigenvalue weighted by atomic mass is 32.2. The molecule has 1 amide bonds. The lowest BCUT2D eigenvalue weighted by Gasteiger charge is -2.09. The molecule has 1 aromatic heterocycles. The van der Waals surface area contributed by atoms with Crippen LogP contribution in [0.25, 0.3) is 0 Å². The first-order chi connectivity index (χ1) is 11.8. The van der Waals surface area contributed by atoms with Crippen LogP contribution in [0.5, 0.6) is 5.75 Å². The number of aromatic nitrogens is 2. The Bertz CT molecular complexity index is 814. The van der Waals surface area contributed by atoms with E-state index in [0.717, 1.165) is 17.8 Å². The largest absolute Gasteiger partial charge is 0.491 e. The molecule has 9 heteroatoms. The van der Waals surface area contributed by atoms with Gasteiger partial charge in [0.05, 0.1) is 11.9 Å². The molecule has 7 nitrogen and oxygen atoms in total. The van der Waals surface area contributed by atoms with Gasteiger partial charge in [-0.15, -0.1) is 10.2 Å². The molecule has 0 saturated heterocycles. The summed E-state index contributed by atoms with van der Waals surface area (Å²) in [4.78, 5) is 12.2. The summed E-state index contributed by atoms with van der Waals surface area (Å²) in [6.45, 7) is 5.75. The highest BCUT2D eigenvalue weighted by Crippen LogP contribution is 2.22. The summed E-state index contributed by atoms with van der Waals surface area (Å²) in [7, 11) is -3.44. The van der Waals surface area contributed by atoms with Crippen molar-refractivity contribution in [1.29, 1.82) is 0 Å². The van der Waals surface area contributed by atoms with Crippen LogP contribution in [0, 0.1) is 0 Å². The van der Waals surface area contributed by atoms with Gasteiger partial charge in [-0.1, -0.05) is 24.7 Å². The summed E-state index contributed by atoms with van der Waals surface area (Å²) in [6.07, 6.45) is 1.39. The fourth-order valence-corrected chi connectivity index (χ4v) is 4.41. The van der Waals surface area contributed by atoms with Crippen molar-refractivity contribution in [3.63, 3.8) is 0 Å². The summed E-state index contributed by atoms with van der Waals surface area (Å²) in [6, 6.07) is 6.67. The van der Waals surface area contributed by atoms with E-state index in [9.17, 15) is 13.2 Å². The molecular formula is C16H21N3O4S2. The van der Waals surface area contributed by atoms with E-state index in [1.165, 1.54) is 0 Å². The number of ether oxygens (including phenoxy) is 1. The number of nitrogens with zero attached hydrogens (tertiary/aromatic N) is 2. The second-order valence-corrected chi connectivity index (χ2v) is 8.95. The van der Waals surface area contributed by atoms with Crippen molar-refractivity contribution in [3.8, 4) is 5.75 Å². The van der Waals surface area contributed by atoms with Gasteiger partial charge < -0.3 is 4.74 Å². The molecule has 0 bridgehead atoms. The first-order valence-electron chi connectivity index (χ1n) is 7.96. The Morgan fingerprint density at radius 1 is 1.24 bits per heavy atom. The van der Waals surface area contributed by atoms with Crippen molar-refractivity contribution < 1.29 is 17.9 Å². The summed E-state index contributed by atoms with van der Waals surface area (Å²) in [5.74, 6) is 0.320. The van der Waals surface area contributed by atoms with Crippen molar-refractivity contribution >= 4 is 32.2 Å². The van der Waals surface area contributed by atoms with Crippen molar-refractivity contribution in [2.75, 3.05) is 11.1 Å². The SMILES string of the molecule is CCCCS(=O)(=O)c1nnc(NC(=O)c2ccc(OC(C)C)cc2)s1. The minimum absolute atomic E-state index is 0.0311. The van der Waals surface area contributed by atoms with Gasteiger partial charge in [0, 0.05) is 5.56 Å². The number of hydrogen-bond donors (Lipinski definition) is 1. The summed E-state index contributed by atoms with van der Waals surface area (Å²) < 4.78 is 29.6. The van der Waals surface area contributed by atoms with Crippen molar-refractivity contribution in [3.05, 3.63) is 29.8 Å². The molecule has 0 atom stereocenters. The molecule has 0 unspecified atom stereocenters. The van der Waals surface area contributed by atoms with Crippen LogP contribution in [0.3, 0.4) is 0 Å². The molecule has 0 radical (unpaired) electrons. The maximum Gasteiger partial charge on any atom is 0.257 e. The van der Waals surface area contributed by atoms with Crippen molar-refractivity contribution in [2.24, 2.45) is 0 Å². The summed E-state index contributed by atoms with van der Waals surface area (Å²) in [5.41, 5.74) is 0.418. The van der Waals surface area contributed by atoms with E-state index in [-0.39, 0.29) is 27.2 Å². The number of amides is 1. The zero-order valence-electron chi connectivity index (χ0n) is 14.4. The Kier molecular flexibility index (Phi) is 6.49. The van der Waals surface area contributed by atoms with E-state index in [1.54, 1.807) is 24.3 Å². The number of carbonyl (C=O) groups excluding carboxylic acids is 1. The normalized spacial score (nSPS) is 11.5. The molecule has 25 heavy (non-hydrogen) atoms. The number of nitrogens with one attached hydrogen (secondary N) is 1. The van der Waals surface area contributed by atoms with Gasteiger partial charge in [0.1, 0.15) is 5.75 Å². The van der Waals surface area contributed by atoms with Crippen LogP contribution < -0.4 is 10.1 Å². The third-order valence-corrected chi connectivity index (χ3v) is 6.23. The Balaban J connectivity index is 2.04. The summed E-state index contributed by atoms with van der Waals surface area (Å²) >= 11 is 0.858. The number of anilines is 1. The fraction of sp³-hybridized carbons (Fsp3) is 0.438. The standard InChI is InChI=1S/C16H21N3O4S2/c1-4-5-10-25(21,22)16-19-18-15(24-16)17-14(20)12-6-8-13(9-7-12)23-11(2)3/h6-9,11H,4-5,10H2,1-3H3,(H,17,18,20). The highest BCUT2D eigenvalue weighted by molar-refractivity contribution is 7.93. The van der Waals surface area contributed by atoms with Crippen LogP contribution in [0.4, 0.5) is 5.13 Å². The molecule has 1 N–H and O–H groups in total. The van der Waals surface area contributed by atoms with Crippen LogP contribution in [0.15, 0.2) is 28.6 Å². The predicted molar refractivity (Wildman–Crippen MR) is 97.0 cm³/mol. The second-order valence-electron chi connectivity index (χ2n) is 5.69. The Morgan fingerprint density at radius 2 is 1.92 bits per heavy atom. The Hall–Kier alpha value is -2.00. The topological polar surface area (TPSA) is 98.3 Å². The summed E-state index contributed by atoms with van der Waals surface area (Å²) in [5, 5.41) is 10.1. The molecule has 1 heterocycles. The van der Waals surface area contributed by atoms with Gasteiger partial charge in [-0.2, -0.15) is 0 Å². The molecule has 136 valence electrons. The number of rotatable bonds is 8. The quantitative estimate of drug-likeness (QED) is 0.703. The van der Waals surface area contributed by atoms with Gasteiger partial charge in [-0.05, 0) is 44.5 Å². The zero-order chi connectivity index (χ0) is 18.4. The lowest BCUT2D eigenvalue weighted by Crippen LogP contribution is -2.12. The van der Waals surface area contributed by atoms with Gasteiger partial charge in [0.2, 0.25) is 19.3 Å². The number of benzene rings is 1. The number of sulfone groups is 1. The van der Waals surface area contributed by atoms with E-state index < -0.39 is 9.84 Å². The lowest BCUT2D eigenvalue weighted by molar-refractivity contribution is 0.102. The Morgan fingerprint density at radius 3 is 2.52 bits per heavy atom. The molecule has 0 aliphatic rings. The minimum Gasteiger partial charge on any atom is -0.491 e. The highest BCUT2D eigenvalue weighted by Gasteiger charge is 2.20. The third-order valence-electron chi connectivity index (χ3n) is 3.15. The number of carbonyl (C=O) groups is 1. The monoisotopic (exact) mass is 383 g/mol. The number of unbranched alkanes of at least 4 members (excludes halogenated alkanes) is 1. The van der Waals surface area contributed by atoms with Crippen LogP contribution in [-0.2, 0) is 9.84 Å². The molecule has 0 fully saturated rings. The van der Waals surface area contributed by atoms with Crippen LogP contribution in [0.1, 0.15) is 44.0 Å². The van der Waals surface area contributed by atoms with E-state index in [2.05, 4.69) is 15.5 Å². The van der Waals surface area contributed by atoms with E-state index >= 15 is 0 Å². The number of hydrogen-bond acceptors (Lipinski definition) is 7. The van der Waals surface area contributed by atoms with E-state index in [1.807, 2.05) is 20.8 Å². The lowest BCUT2D eigenvalue weighted by atomic mass is 10.2. The van der Waals surface area contributed by atoms with Crippen molar-refractivity contribution in [1.82, 2.24) is 10.2 Å². The smallest absolute Gasteiger partial charge is 0.257 e. The van der Waals surface area contributed by atoms with Gasteiger partial charge in [-0.25, -0.2) is 8.42 Å². The molecular weight excluding hydrogens is 362 g/mol. The first kappa shape index (κ1) is 19.3. The van der Waals surface area contributed by atoms with Crippen LogP contribution >= 0.6 is 11.3 Å². The van der Waals surface area contributed by atoms with Gasteiger partial charge in [0.15, 0.2) is 0 Å².